The zero-order valence-corrected chi connectivity index (χ0v) is 11.6. The van der Waals surface area contributed by atoms with E-state index < -0.39 is 0 Å². The monoisotopic (exact) mass is 272 g/mol. The first-order valence-electron chi connectivity index (χ1n) is 7.22. The Balaban J connectivity index is 1.53. The number of rotatable bonds is 6. The van der Waals surface area contributed by atoms with Crippen molar-refractivity contribution in [2.24, 2.45) is 5.92 Å². The maximum atomic E-state index is 11.4. The van der Waals surface area contributed by atoms with Gasteiger partial charge in [0.15, 0.2) is 6.29 Å². The molecule has 0 aromatic rings. The van der Waals surface area contributed by atoms with Gasteiger partial charge in [-0.1, -0.05) is 0 Å². The molecular weight excluding hydrogens is 248 g/mol. The van der Waals surface area contributed by atoms with Gasteiger partial charge in [0.05, 0.1) is 32.3 Å². The number of ether oxygens (including phenoxy) is 4. The molecule has 0 N–H and O–H groups in total. The molecule has 3 atom stereocenters. The third kappa shape index (κ3) is 4.75. The predicted octanol–water partition coefficient (Wildman–Crippen LogP) is 1.89. The fourth-order valence-corrected chi connectivity index (χ4v) is 2.71. The molecule has 1 heterocycles. The zero-order valence-electron chi connectivity index (χ0n) is 11.6. The molecule has 1 saturated carbocycles. The topological polar surface area (TPSA) is 54.0 Å². The summed E-state index contributed by atoms with van der Waals surface area (Å²) in [6.45, 7) is 1.93. The molecule has 0 bridgehead atoms. The molecule has 0 aromatic heterocycles. The van der Waals surface area contributed by atoms with E-state index in [0.717, 1.165) is 38.7 Å². The highest BCUT2D eigenvalue weighted by Crippen LogP contribution is 2.28. The van der Waals surface area contributed by atoms with E-state index in [4.69, 9.17) is 18.9 Å². The van der Waals surface area contributed by atoms with Crippen LogP contribution in [0.5, 0.6) is 0 Å². The summed E-state index contributed by atoms with van der Waals surface area (Å²) in [5.74, 6) is -0.101. The van der Waals surface area contributed by atoms with E-state index in [1.54, 1.807) is 0 Å². The van der Waals surface area contributed by atoms with Gasteiger partial charge in [-0.15, -0.1) is 0 Å². The first kappa shape index (κ1) is 14.8. The second-order valence-electron chi connectivity index (χ2n) is 5.19. The smallest absolute Gasteiger partial charge is 0.308 e. The Bertz CT molecular complexity index is 275. The molecule has 2 aliphatic rings. The molecule has 5 heteroatoms. The van der Waals surface area contributed by atoms with E-state index in [1.165, 1.54) is 13.5 Å². The summed E-state index contributed by atoms with van der Waals surface area (Å²) < 4.78 is 21.6. The Morgan fingerprint density at radius 3 is 2.74 bits per heavy atom. The SMILES string of the molecule is COC(=O)C1CC[C@@H](OCCOC2CCCCO2)C1. The minimum Gasteiger partial charge on any atom is -0.469 e. The van der Waals surface area contributed by atoms with Crippen LogP contribution in [0.15, 0.2) is 0 Å². The first-order chi connectivity index (χ1) is 9.29. The van der Waals surface area contributed by atoms with E-state index in [9.17, 15) is 4.79 Å². The van der Waals surface area contributed by atoms with E-state index in [0.29, 0.717) is 13.2 Å². The second-order valence-corrected chi connectivity index (χ2v) is 5.19. The average Bonchev–Trinajstić information content (AvgIpc) is 2.93. The number of carbonyl (C=O) groups excluding carboxylic acids is 1. The van der Waals surface area contributed by atoms with Crippen molar-refractivity contribution in [1.82, 2.24) is 0 Å². The van der Waals surface area contributed by atoms with Crippen LogP contribution in [0, 0.1) is 5.92 Å². The zero-order chi connectivity index (χ0) is 13.5. The summed E-state index contributed by atoms with van der Waals surface area (Å²) in [5, 5.41) is 0. The molecule has 19 heavy (non-hydrogen) atoms. The van der Waals surface area contributed by atoms with E-state index in [1.807, 2.05) is 0 Å². The molecule has 2 fully saturated rings. The maximum absolute atomic E-state index is 11.4. The molecule has 1 aliphatic heterocycles. The van der Waals surface area contributed by atoms with Gasteiger partial charge < -0.3 is 18.9 Å². The van der Waals surface area contributed by atoms with Crippen molar-refractivity contribution in [3.05, 3.63) is 0 Å². The van der Waals surface area contributed by atoms with Gasteiger partial charge in [-0.25, -0.2) is 0 Å². The molecule has 0 spiro atoms. The van der Waals surface area contributed by atoms with Crippen LogP contribution >= 0.6 is 0 Å². The lowest BCUT2D eigenvalue weighted by atomic mass is 10.1. The van der Waals surface area contributed by atoms with Crippen molar-refractivity contribution in [3.63, 3.8) is 0 Å². The fourth-order valence-electron chi connectivity index (χ4n) is 2.71. The largest absolute Gasteiger partial charge is 0.469 e. The van der Waals surface area contributed by atoms with E-state index in [2.05, 4.69) is 0 Å². The Labute approximate surface area is 114 Å². The van der Waals surface area contributed by atoms with Crippen LogP contribution in [-0.2, 0) is 23.7 Å². The minimum absolute atomic E-state index is 0.0117. The second kappa shape index (κ2) is 7.82. The van der Waals surface area contributed by atoms with Gasteiger partial charge in [0.1, 0.15) is 0 Å². The third-order valence-electron chi connectivity index (χ3n) is 3.80. The predicted molar refractivity (Wildman–Crippen MR) is 68.6 cm³/mol. The average molecular weight is 272 g/mol. The quantitative estimate of drug-likeness (QED) is 0.546. The fraction of sp³-hybridized carbons (Fsp3) is 0.929. The van der Waals surface area contributed by atoms with Crippen molar-refractivity contribution in [2.75, 3.05) is 26.9 Å². The summed E-state index contributed by atoms with van der Waals surface area (Å²) in [7, 11) is 1.44. The third-order valence-corrected chi connectivity index (χ3v) is 3.80. The molecule has 0 amide bonds. The lowest BCUT2D eigenvalue weighted by Crippen LogP contribution is -2.24. The van der Waals surface area contributed by atoms with Crippen molar-refractivity contribution in [3.8, 4) is 0 Å². The van der Waals surface area contributed by atoms with Crippen LogP contribution in [0.3, 0.4) is 0 Å². The van der Waals surface area contributed by atoms with Crippen LogP contribution in [0.4, 0.5) is 0 Å². The van der Waals surface area contributed by atoms with Gasteiger partial charge in [-0.3, -0.25) is 4.79 Å². The van der Waals surface area contributed by atoms with E-state index >= 15 is 0 Å². The molecule has 5 nitrogen and oxygen atoms in total. The van der Waals surface area contributed by atoms with Crippen molar-refractivity contribution < 1.29 is 23.7 Å². The van der Waals surface area contributed by atoms with Gasteiger partial charge in [0.25, 0.3) is 0 Å². The van der Waals surface area contributed by atoms with Crippen molar-refractivity contribution in [2.45, 2.75) is 50.9 Å². The number of hydrogen-bond donors (Lipinski definition) is 0. The van der Waals surface area contributed by atoms with Gasteiger partial charge >= 0.3 is 5.97 Å². The van der Waals surface area contributed by atoms with Gasteiger partial charge in [-0.2, -0.15) is 0 Å². The normalized spacial score (nSPS) is 31.3. The standard InChI is InChI=1S/C14H24O5/c1-16-14(15)11-5-6-12(10-11)17-8-9-19-13-4-2-3-7-18-13/h11-13H,2-10H2,1H3/t11?,12-,13?/m1/s1. The van der Waals surface area contributed by atoms with Crippen LogP contribution < -0.4 is 0 Å². The number of hydrogen-bond acceptors (Lipinski definition) is 5. The van der Waals surface area contributed by atoms with Crippen LogP contribution in [-0.4, -0.2) is 45.3 Å². The molecule has 2 rings (SSSR count). The summed E-state index contributed by atoms with van der Waals surface area (Å²) >= 11 is 0. The maximum Gasteiger partial charge on any atom is 0.308 e. The number of esters is 1. The summed E-state index contributed by atoms with van der Waals surface area (Å²) in [6, 6.07) is 0. The lowest BCUT2D eigenvalue weighted by molar-refractivity contribution is -0.171. The van der Waals surface area contributed by atoms with Gasteiger partial charge in [0, 0.05) is 6.61 Å². The van der Waals surface area contributed by atoms with Crippen molar-refractivity contribution in [1.29, 1.82) is 0 Å². The summed E-state index contributed by atoms with van der Waals surface area (Å²) in [6.07, 6.45) is 5.97. The van der Waals surface area contributed by atoms with E-state index in [-0.39, 0.29) is 24.3 Å². The Hall–Kier alpha value is -0.650. The lowest BCUT2D eigenvalue weighted by Gasteiger charge is -2.23. The van der Waals surface area contributed by atoms with Crippen LogP contribution in [0.25, 0.3) is 0 Å². The van der Waals surface area contributed by atoms with Crippen molar-refractivity contribution >= 4 is 5.97 Å². The highest BCUT2D eigenvalue weighted by Gasteiger charge is 2.31. The Morgan fingerprint density at radius 1 is 1.16 bits per heavy atom. The summed E-state index contributed by atoms with van der Waals surface area (Å²) in [4.78, 5) is 11.4. The Morgan fingerprint density at radius 2 is 2.00 bits per heavy atom. The highest BCUT2D eigenvalue weighted by atomic mass is 16.7. The number of carbonyl (C=O) groups is 1. The molecular formula is C14H24O5. The van der Waals surface area contributed by atoms with Gasteiger partial charge in [-0.05, 0) is 38.5 Å². The van der Waals surface area contributed by atoms with Crippen LogP contribution in [0.1, 0.15) is 38.5 Å². The minimum atomic E-state index is -0.113. The Kier molecular flexibility index (Phi) is 6.07. The molecule has 1 aliphatic carbocycles. The summed E-state index contributed by atoms with van der Waals surface area (Å²) in [5.41, 5.74) is 0. The van der Waals surface area contributed by atoms with Gasteiger partial charge in [0.2, 0.25) is 0 Å². The van der Waals surface area contributed by atoms with Crippen LogP contribution in [0.2, 0.25) is 0 Å². The molecule has 2 unspecified atom stereocenters. The first-order valence-corrected chi connectivity index (χ1v) is 7.22. The molecule has 0 radical (unpaired) electrons. The molecule has 0 aromatic carbocycles. The highest BCUT2D eigenvalue weighted by molar-refractivity contribution is 5.72. The molecule has 110 valence electrons. The number of methoxy groups -OCH3 is 1. The molecule has 1 saturated heterocycles.